The highest BCUT2D eigenvalue weighted by molar-refractivity contribution is 5.90. The molecule has 1 aliphatic heterocycles. The number of hydrogen-bond donors (Lipinski definition) is 1. The normalized spacial score (nSPS) is 19.7. The van der Waals surface area contributed by atoms with Gasteiger partial charge in [0, 0.05) is 50.3 Å². The minimum atomic E-state index is 0.00580. The molecular weight excluding hydrogens is 290 g/mol. The first-order chi connectivity index (χ1) is 11.3. The number of hydrogen-bond acceptors (Lipinski definition) is 3. The van der Waals surface area contributed by atoms with Crippen LogP contribution in [0.25, 0.3) is 0 Å². The lowest BCUT2D eigenvalue weighted by Crippen LogP contribution is -2.39. The van der Waals surface area contributed by atoms with Crippen molar-refractivity contribution < 1.29 is 4.79 Å². The van der Waals surface area contributed by atoms with Crippen LogP contribution in [0.15, 0.2) is 24.8 Å². The third-order valence-corrected chi connectivity index (χ3v) is 5.28. The minimum absolute atomic E-state index is 0.00580. The lowest BCUT2D eigenvalue weighted by Gasteiger charge is -2.32. The summed E-state index contributed by atoms with van der Waals surface area (Å²) in [5, 5.41) is 0. The van der Waals surface area contributed by atoms with Gasteiger partial charge in [0.25, 0.3) is 5.91 Å². The Morgan fingerprint density at radius 1 is 1.17 bits per heavy atom. The first-order valence-electron chi connectivity index (χ1n) is 8.61. The summed E-state index contributed by atoms with van der Waals surface area (Å²) in [5.74, 6) is 2.96. The summed E-state index contributed by atoms with van der Waals surface area (Å²) in [7, 11) is 0. The SMILES string of the molecule is O=C(c1ncc[nH]1)N1CCC(c2nccn2CC2CCC2)CC1. The van der Waals surface area contributed by atoms with Crippen molar-refractivity contribution >= 4 is 5.91 Å². The third-order valence-electron chi connectivity index (χ3n) is 5.28. The second kappa shape index (κ2) is 6.18. The highest BCUT2D eigenvalue weighted by Crippen LogP contribution is 2.31. The van der Waals surface area contributed by atoms with Crippen molar-refractivity contribution in [2.75, 3.05) is 13.1 Å². The van der Waals surface area contributed by atoms with E-state index in [0.29, 0.717) is 11.7 Å². The summed E-state index contributed by atoms with van der Waals surface area (Å²) in [5.41, 5.74) is 0. The Labute approximate surface area is 135 Å². The summed E-state index contributed by atoms with van der Waals surface area (Å²) in [6.07, 6.45) is 13.4. The molecule has 0 atom stereocenters. The molecule has 4 rings (SSSR count). The maximum atomic E-state index is 12.3. The van der Waals surface area contributed by atoms with Crippen LogP contribution in [-0.4, -0.2) is 43.4 Å². The van der Waals surface area contributed by atoms with E-state index in [1.807, 2.05) is 11.1 Å². The molecule has 3 heterocycles. The zero-order valence-electron chi connectivity index (χ0n) is 13.3. The van der Waals surface area contributed by atoms with Gasteiger partial charge in [0.2, 0.25) is 0 Å². The standard InChI is InChI=1S/C17H23N5O/c23-17(15-18-6-7-19-15)21-9-4-14(5-10-21)16-20-8-11-22(16)12-13-2-1-3-13/h6-8,11,13-14H,1-5,9-10,12H2,(H,18,19). The number of nitrogens with one attached hydrogen (secondary N) is 1. The molecule has 0 aromatic carbocycles. The zero-order chi connectivity index (χ0) is 15.6. The molecule has 1 saturated carbocycles. The highest BCUT2D eigenvalue weighted by Gasteiger charge is 2.28. The fourth-order valence-electron chi connectivity index (χ4n) is 3.66. The number of imidazole rings is 2. The summed E-state index contributed by atoms with van der Waals surface area (Å²) in [4.78, 5) is 25.8. The fraction of sp³-hybridized carbons (Fsp3) is 0.588. The lowest BCUT2D eigenvalue weighted by atomic mass is 9.85. The van der Waals surface area contributed by atoms with Gasteiger partial charge in [-0.05, 0) is 31.6 Å². The van der Waals surface area contributed by atoms with Gasteiger partial charge in [0.15, 0.2) is 5.82 Å². The number of rotatable bonds is 4. The van der Waals surface area contributed by atoms with Crippen molar-refractivity contribution in [2.45, 2.75) is 44.6 Å². The molecule has 0 bridgehead atoms. The van der Waals surface area contributed by atoms with E-state index in [4.69, 9.17) is 0 Å². The van der Waals surface area contributed by atoms with Crippen molar-refractivity contribution in [3.8, 4) is 0 Å². The molecular formula is C17H23N5O. The molecule has 2 aliphatic rings. The smallest absolute Gasteiger partial charge is 0.289 e. The van der Waals surface area contributed by atoms with E-state index in [1.54, 1.807) is 12.4 Å². The van der Waals surface area contributed by atoms with Gasteiger partial charge in [-0.3, -0.25) is 4.79 Å². The van der Waals surface area contributed by atoms with Gasteiger partial charge in [-0.2, -0.15) is 0 Å². The van der Waals surface area contributed by atoms with Crippen LogP contribution < -0.4 is 0 Å². The van der Waals surface area contributed by atoms with Crippen molar-refractivity contribution in [3.63, 3.8) is 0 Å². The maximum absolute atomic E-state index is 12.3. The Morgan fingerprint density at radius 3 is 2.65 bits per heavy atom. The Hall–Kier alpha value is -2.11. The molecule has 1 N–H and O–H groups in total. The Morgan fingerprint density at radius 2 is 2.00 bits per heavy atom. The molecule has 2 aromatic rings. The van der Waals surface area contributed by atoms with E-state index in [-0.39, 0.29) is 5.91 Å². The van der Waals surface area contributed by atoms with E-state index in [9.17, 15) is 4.79 Å². The number of amides is 1. The molecule has 0 unspecified atom stereocenters. The van der Waals surface area contributed by atoms with Crippen molar-refractivity contribution in [1.29, 1.82) is 0 Å². The van der Waals surface area contributed by atoms with Crippen LogP contribution in [0.3, 0.4) is 0 Å². The summed E-state index contributed by atoms with van der Waals surface area (Å²) in [6.45, 7) is 2.67. The number of aromatic nitrogens is 4. The molecule has 0 radical (unpaired) electrons. The molecule has 0 spiro atoms. The average Bonchev–Trinajstić information content (AvgIpc) is 3.22. The van der Waals surface area contributed by atoms with Crippen LogP contribution in [0.4, 0.5) is 0 Å². The van der Waals surface area contributed by atoms with Crippen molar-refractivity contribution in [1.82, 2.24) is 24.4 Å². The quantitative estimate of drug-likeness (QED) is 0.942. The zero-order valence-corrected chi connectivity index (χ0v) is 13.3. The lowest BCUT2D eigenvalue weighted by molar-refractivity contribution is 0.0698. The van der Waals surface area contributed by atoms with Crippen molar-refractivity contribution in [3.05, 3.63) is 36.4 Å². The first-order valence-corrected chi connectivity index (χ1v) is 8.61. The van der Waals surface area contributed by atoms with Crippen LogP contribution in [0.2, 0.25) is 0 Å². The van der Waals surface area contributed by atoms with Gasteiger partial charge in [0.05, 0.1) is 0 Å². The number of piperidine rings is 1. The number of nitrogens with zero attached hydrogens (tertiary/aromatic N) is 4. The third kappa shape index (κ3) is 2.90. The number of H-pyrrole nitrogens is 1. The Bertz CT molecular complexity index is 650. The van der Waals surface area contributed by atoms with E-state index >= 15 is 0 Å². The Balaban J connectivity index is 1.38. The van der Waals surface area contributed by atoms with Gasteiger partial charge < -0.3 is 14.5 Å². The van der Waals surface area contributed by atoms with E-state index in [2.05, 4.69) is 25.7 Å². The molecule has 23 heavy (non-hydrogen) atoms. The number of aromatic amines is 1. The van der Waals surface area contributed by atoms with Crippen LogP contribution in [0, 0.1) is 5.92 Å². The summed E-state index contributed by atoms with van der Waals surface area (Å²) < 4.78 is 2.35. The van der Waals surface area contributed by atoms with Gasteiger partial charge in [-0.1, -0.05) is 6.42 Å². The number of carbonyl (C=O) groups is 1. The Kier molecular flexibility index (Phi) is 3.89. The minimum Gasteiger partial charge on any atom is -0.341 e. The number of carbonyl (C=O) groups excluding carboxylic acids is 1. The van der Waals surface area contributed by atoms with Crippen LogP contribution in [-0.2, 0) is 6.54 Å². The van der Waals surface area contributed by atoms with E-state index in [0.717, 1.165) is 38.4 Å². The predicted octanol–water partition coefficient (Wildman–Crippen LogP) is 2.43. The molecule has 2 fully saturated rings. The van der Waals surface area contributed by atoms with Crippen LogP contribution in [0.1, 0.15) is 54.5 Å². The summed E-state index contributed by atoms with van der Waals surface area (Å²) in [6, 6.07) is 0. The van der Waals surface area contributed by atoms with Crippen LogP contribution >= 0.6 is 0 Å². The molecule has 1 aliphatic carbocycles. The van der Waals surface area contributed by atoms with Crippen LogP contribution in [0.5, 0.6) is 0 Å². The molecule has 6 heteroatoms. The van der Waals surface area contributed by atoms with E-state index < -0.39 is 0 Å². The van der Waals surface area contributed by atoms with Gasteiger partial charge in [-0.25, -0.2) is 9.97 Å². The second-order valence-electron chi connectivity index (χ2n) is 6.74. The van der Waals surface area contributed by atoms with Crippen molar-refractivity contribution in [2.24, 2.45) is 5.92 Å². The molecule has 122 valence electrons. The van der Waals surface area contributed by atoms with E-state index in [1.165, 1.54) is 25.1 Å². The predicted molar refractivity (Wildman–Crippen MR) is 86.0 cm³/mol. The maximum Gasteiger partial charge on any atom is 0.289 e. The first kappa shape index (κ1) is 14.5. The topological polar surface area (TPSA) is 66.8 Å². The monoisotopic (exact) mass is 313 g/mol. The molecule has 1 saturated heterocycles. The molecule has 1 amide bonds. The van der Waals surface area contributed by atoms with Gasteiger partial charge >= 0.3 is 0 Å². The molecule has 2 aromatic heterocycles. The van der Waals surface area contributed by atoms with Gasteiger partial charge in [-0.15, -0.1) is 0 Å². The fourth-order valence-corrected chi connectivity index (χ4v) is 3.66. The highest BCUT2D eigenvalue weighted by atomic mass is 16.2. The number of likely N-dealkylation sites (tertiary alicyclic amines) is 1. The average molecular weight is 313 g/mol. The second-order valence-corrected chi connectivity index (χ2v) is 6.74. The van der Waals surface area contributed by atoms with Gasteiger partial charge in [0.1, 0.15) is 5.82 Å². The molecule has 6 nitrogen and oxygen atoms in total. The largest absolute Gasteiger partial charge is 0.341 e. The summed E-state index contributed by atoms with van der Waals surface area (Å²) >= 11 is 0.